The number of rotatable bonds is 5. The van der Waals surface area contributed by atoms with Crippen molar-refractivity contribution in [2.75, 3.05) is 27.2 Å². The zero-order chi connectivity index (χ0) is 13.0. The first-order valence-electron chi connectivity index (χ1n) is 6.50. The third kappa shape index (κ3) is 3.07. The molecule has 6 nitrogen and oxygen atoms in total. The van der Waals surface area contributed by atoms with E-state index in [1.54, 1.807) is 0 Å². The minimum absolute atomic E-state index is 0.00231. The van der Waals surface area contributed by atoms with Crippen molar-refractivity contribution in [3.63, 3.8) is 0 Å². The first-order valence-corrected chi connectivity index (χ1v) is 6.50. The fourth-order valence-electron chi connectivity index (χ4n) is 2.43. The van der Waals surface area contributed by atoms with Crippen molar-refractivity contribution < 1.29 is 4.79 Å². The van der Waals surface area contributed by atoms with E-state index in [2.05, 4.69) is 20.3 Å². The third-order valence-electron chi connectivity index (χ3n) is 3.45. The molecule has 0 radical (unpaired) electrons. The molecule has 1 aliphatic carbocycles. The average Bonchev–Trinajstić information content (AvgIpc) is 3.01. The van der Waals surface area contributed by atoms with Gasteiger partial charge in [0.2, 0.25) is 0 Å². The number of likely N-dealkylation sites (N-methyl/N-ethyl adjacent to an activating group) is 1. The van der Waals surface area contributed by atoms with Crippen LogP contribution in [0.1, 0.15) is 36.2 Å². The van der Waals surface area contributed by atoms with Gasteiger partial charge < -0.3 is 9.80 Å². The molecule has 6 heteroatoms. The van der Waals surface area contributed by atoms with Crippen LogP contribution in [-0.4, -0.2) is 64.3 Å². The highest BCUT2D eigenvalue weighted by Gasteiger charge is 2.28. The van der Waals surface area contributed by atoms with E-state index in [1.165, 1.54) is 19.0 Å². The van der Waals surface area contributed by atoms with Crippen LogP contribution in [0.2, 0.25) is 0 Å². The number of nitrogens with one attached hydrogen (secondary N) is 1. The Kier molecular flexibility index (Phi) is 4.30. The molecule has 1 N–H and O–H groups in total. The summed E-state index contributed by atoms with van der Waals surface area (Å²) in [5.74, 6) is -0.00231. The molecule has 0 aliphatic heterocycles. The van der Waals surface area contributed by atoms with Gasteiger partial charge in [-0.25, -0.2) is 0 Å². The zero-order valence-corrected chi connectivity index (χ0v) is 11.1. The molecule has 0 saturated heterocycles. The van der Waals surface area contributed by atoms with Crippen molar-refractivity contribution in [2.24, 2.45) is 0 Å². The van der Waals surface area contributed by atoms with Gasteiger partial charge in [0, 0.05) is 19.1 Å². The van der Waals surface area contributed by atoms with Gasteiger partial charge in [-0.1, -0.05) is 12.8 Å². The van der Waals surface area contributed by atoms with Crippen molar-refractivity contribution in [1.82, 2.24) is 25.2 Å². The second-order valence-electron chi connectivity index (χ2n) is 5.10. The molecule has 1 amide bonds. The Labute approximate surface area is 107 Å². The molecule has 2 rings (SSSR count). The summed E-state index contributed by atoms with van der Waals surface area (Å²) in [6.45, 7) is 1.63. The Morgan fingerprint density at radius 1 is 1.39 bits per heavy atom. The van der Waals surface area contributed by atoms with Crippen LogP contribution in [0.3, 0.4) is 0 Å². The smallest absolute Gasteiger partial charge is 0.276 e. The maximum Gasteiger partial charge on any atom is 0.276 e. The Bertz CT molecular complexity index is 370. The predicted molar refractivity (Wildman–Crippen MR) is 68.2 cm³/mol. The van der Waals surface area contributed by atoms with E-state index in [1.807, 2.05) is 19.0 Å². The molecule has 1 aliphatic rings. The van der Waals surface area contributed by atoms with Crippen LogP contribution in [-0.2, 0) is 0 Å². The van der Waals surface area contributed by atoms with Crippen molar-refractivity contribution in [3.05, 3.63) is 11.9 Å². The molecule has 0 unspecified atom stereocenters. The van der Waals surface area contributed by atoms with E-state index in [0.717, 1.165) is 25.9 Å². The van der Waals surface area contributed by atoms with Crippen LogP contribution < -0.4 is 0 Å². The lowest BCUT2D eigenvalue weighted by Crippen LogP contribution is -2.42. The minimum atomic E-state index is -0.00231. The van der Waals surface area contributed by atoms with Crippen LogP contribution in [0, 0.1) is 0 Å². The van der Waals surface area contributed by atoms with Gasteiger partial charge in [-0.15, -0.1) is 0 Å². The van der Waals surface area contributed by atoms with Crippen molar-refractivity contribution in [3.8, 4) is 0 Å². The second kappa shape index (κ2) is 5.95. The van der Waals surface area contributed by atoms with Crippen LogP contribution in [0.5, 0.6) is 0 Å². The Morgan fingerprint density at radius 3 is 2.67 bits per heavy atom. The molecule has 1 heterocycles. The quantitative estimate of drug-likeness (QED) is 0.838. The average molecular weight is 251 g/mol. The molecule has 18 heavy (non-hydrogen) atoms. The number of carbonyl (C=O) groups is 1. The van der Waals surface area contributed by atoms with Crippen LogP contribution in [0.15, 0.2) is 6.20 Å². The van der Waals surface area contributed by atoms with Crippen LogP contribution in [0.4, 0.5) is 0 Å². The van der Waals surface area contributed by atoms with Crippen molar-refractivity contribution >= 4 is 5.91 Å². The van der Waals surface area contributed by atoms with Crippen LogP contribution in [0.25, 0.3) is 0 Å². The van der Waals surface area contributed by atoms with Gasteiger partial charge in [0.15, 0.2) is 5.69 Å². The third-order valence-corrected chi connectivity index (χ3v) is 3.45. The number of carbonyl (C=O) groups excluding carboxylic acids is 1. The Morgan fingerprint density at radius 2 is 2.11 bits per heavy atom. The molecule has 100 valence electrons. The van der Waals surface area contributed by atoms with E-state index in [-0.39, 0.29) is 5.91 Å². The lowest BCUT2D eigenvalue weighted by molar-refractivity contribution is 0.0661. The first-order chi connectivity index (χ1) is 8.68. The lowest BCUT2D eigenvalue weighted by atomic mass is 10.2. The predicted octanol–water partition coefficient (Wildman–Crippen LogP) is 0.751. The number of H-pyrrole nitrogens is 1. The summed E-state index contributed by atoms with van der Waals surface area (Å²) < 4.78 is 0. The summed E-state index contributed by atoms with van der Waals surface area (Å²) in [5, 5.41) is 10.1. The topological polar surface area (TPSA) is 65.1 Å². The number of nitrogens with zero attached hydrogens (tertiary/aromatic N) is 4. The summed E-state index contributed by atoms with van der Waals surface area (Å²) in [6, 6.07) is 0.370. The van der Waals surface area contributed by atoms with Gasteiger partial charge in [0.05, 0.1) is 6.20 Å². The molecule has 1 aromatic rings. The molecule has 0 atom stereocenters. The van der Waals surface area contributed by atoms with E-state index in [4.69, 9.17) is 0 Å². The van der Waals surface area contributed by atoms with Gasteiger partial charge in [-0.3, -0.25) is 4.79 Å². The van der Waals surface area contributed by atoms with Gasteiger partial charge in [0.25, 0.3) is 5.91 Å². The van der Waals surface area contributed by atoms with Crippen molar-refractivity contribution in [2.45, 2.75) is 31.7 Å². The number of amides is 1. The maximum atomic E-state index is 12.4. The highest BCUT2D eigenvalue weighted by molar-refractivity contribution is 5.92. The fraction of sp³-hybridized carbons (Fsp3) is 0.750. The van der Waals surface area contributed by atoms with Gasteiger partial charge in [-0.05, 0) is 26.9 Å². The summed E-state index contributed by atoms with van der Waals surface area (Å²) in [4.78, 5) is 16.4. The Hall–Kier alpha value is -1.43. The normalized spacial score (nSPS) is 16.4. The van der Waals surface area contributed by atoms with Gasteiger partial charge >= 0.3 is 0 Å². The lowest BCUT2D eigenvalue weighted by Gasteiger charge is -2.29. The highest BCUT2D eigenvalue weighted by atomic mass is 16.2. The molecule has 1 saturated carbocycles. The minimum Gasteiger partial charge on any atom is -0.333 e. The van der Waals surface area contributed by atoms with E-state index in [9.17, 15) is 4.79 Å². The van der Waals surface area contributed by atoms with E-state index in [0.29, 0.717) is 11.7 Å². The first kappa shape index (κ1) is 13.0. The summed E-state index contributed by atoms with van der Waals surface area (Å²) in [5.41, 5.74) is 0.417. The number of aromatic amines is 1. The fourth-order valence-corrected chi connectivity index (χ4v) is 2.43. The summed E-state index contributed by atoms with van der Waals surface area (Å²) in [7, 11) is 4.04. The molecular formula is C12H21N5O. The zero-order valence-electron chi connectivity index (χ0n) is 11.1. The monoisotopic (exact) mass is 251 g/mol. The Balaban J connectivity index is 2.05. The number of hydrogen-bond acceptors (Lipinski definition) is 4. The molecular weight excluding hydrogens is 230 g/mol. The molecule has 0 aromatic carbocycles. The molecule has 1 aromatic heterocycles. The largest absolute Gasteiger partial charge is 0.333 e. The maximum absolute atomic E-state index is 12.4. The molecule has 0 bridgehead atoms. The molecule has 1 fully saturated rings. The molecule has 0 spiro atoms. The SMILES string of the molecule is CN(C)CCN(C(=O)c1cn[nH]n1)C1CCCC1. The second-order valence-corrected chi connectivity index (χ2v) is 5.10. The van der Waals surface area contributed by atoms with Gasteiger partial charge in [0.1, 0.15) is 0 Å². The summed E-state index contributed by atoms with van der Waals surface area (Å²) >= 11 is 0. The summed E-state index contributed by atoms with van der Waals surface area (Å²) in [6.07, 6.45) is 6.15. The standard InChI is InChI=1S/C12H21N5O/c1-16(2)7-8-17(10-5-3-4-6-10)12(18)11-9-13-15-14-11/h9-10H,3-8H2,1-2H3,(H,13,14,15). The van der Waals surface area contributed by atoms with E-state index >= 15 is 0 Å². The van der Waals surface area contributed by atoms with Crippen molar-refractivity contribution in [1.29, 1.82) is 0 Å². The van der Waals surface area contributed by atoms with Crippen LogP contribution >= 0.6 is 0 Å². The number of hydrogen-bond donors (Lipinski definition) is 1. The number of aromatic nitrogens is 3. The van der Waals surface area contributed by atoms with Gasteiger partial charge in [-0.2, -0.15) is 15.4 Å². The highest BCUT2D eigenvalue weighted by Crippen LogP contribution is 2.24. The van der Waals surface area contributed by atoms with E-state index < -0.39 is 0 Å².